The average Bonchev–Trinajstić information content (AvgIpc) is 2.15. The average molecular weight is 221 g/mol. The summed E-state index contributed by atoms with van der Waals surface area (Å²) in [5.74, 6) is -0.105. The van der Waals surface area contributed by atoms with Crippen LogP contribution in [-0.4, -0.2) is 44.2 Å². The van der Waals surface area contributed by atoms with Crippen LogP contribution >= 0.6 is 0 Å². The summed E-state index contributed by atoms with van der Waals surface area (Å²) in [6.07, 6.45) is 0.318. The normalized spacial score (nSPS) is 24.9. The van der Waals surface area contributed by atoms with Crippen LogP contribution in [0, 0.1) is 0 Å². The van der Waals surface area contributed by atoms with Gasteiger partial charge in [-0.05, 0) is 0 Å². The summed E-state index contributed by atoms with van der Waals surface area (Å²) in [6, 6.07) is -0.635. The molecule has 0 saturated carbocycles. The summed E-state index contributed by atoms with van der Waals surface area (Å²) in [6.45, 7) is 2.85. The van der Waals surface area contributed by atoms with Crippen molar-refractivity contribution in [3.63, 3.8) is 0 Å². The molecule has 1 aliphatic heterocycles. The van der Waals surface area contributed by atoms with Gasteiger partial charge in [0.2, 0.25) is 0 Å². The third-order valence-corrected chi connectivity index (χ3v) is 3.33. The van der Waals surface area contributed by atoms with Crippen molar-refractivity contribution in [2.24, 2.45) is 5.14 Å². The lowest BCUT2D eigenvalue weighted by Crippen LogP contribution is -2.58. The van der Waals surface area contributed by atoms with Gasteiger partial charge in [-0.3, -0.25) is 4.79 Å². The molecule has 0 aliphatic carbocycles. The SMILES string of the molecule is CCC(=O)C1CNCCN1S(N)(=O)=O. The van der Waals surface area contributed by atoms with E-state index in [1.165, 1.54) is 0 Å². The van der Waals surface area contributed by atoms with Crippen molar-refractivity contribution in [2.45, 2.75) is 19.4 Å². The van der Waals surface area contributed by atoms with Gasteiger partial charge in [0.15, 0.2) is 5.78 Å². The molecule has 7 heteroatoms. The van der Waals surface area contributed by atoms with Crippen molar-refractivity contribution in [1.82, 2.24) is 9.62 Å². The van der Waals surface area contributed by atoms with Gasteiger partial charge in [0.25, 0.3) is 10.2 Å². The van der Waals surface area contributed by atoms with E-state index in [9.17, 15) is 13.2 Å². The first-order valence-electron chi connectivity index (χ1n) is 4.49. The van der Waals surface area contributed by atoms with Gasteiger partial charge < -0.3 is 5.32 Å². The highest BCUT2D eigenvalue weighted by molar-refractivity contribution is 7.86. The predicted molar refractivity (Wildman–Crippen MR) is 51.8 cm³/mol. The lowest BCUT2D eigenvalue weighted by Gasteiger charge is -2.32. The molecule has 0 radical (unpaired) electrons. The minimum Gasteiger partial charge on any atom is -0.313 e. The Labute approximate surface area is 83.6 Å². The largest absolute Gasteiger partial charge is 0.313 e. The van der Waals surface area contributed by atoms with E-state index in [2.05, 4.69) is 5.32 Å². The van der Waals surface area contributed by atoms with Crippen molar-refractivity contribution in [3.05, 3.63) is 0 Å². The fourth-order valence-electron chi connectivity index (χ4n) is 1.50. The molecule has 1 heterocycles. The maximum absolute atomic E-state index is 11.4. The molecule has 1 unspecified atom stereocenters. The van der Waals surface area contributed by atoms with Crippen molar-refractivity contribution in [2.75, 3.05) is 19.6 Å². The molecule has 0 amide bonds. The van der Waals surface area contributed by atoms with E-state index >= 15 is 0 Å². The maximum Gasteiger partial charge on any atom is 0.277 e. The molecular weight excluding hydrogens is 206 g/mol. The van der Waals surface area contributed by atoms with Gasteiger partial charge in [-0.1, -0.05) is 6.92 Å². The fourth-order valence-corrected chi connectivity index (χ4v) is 2.39. The second-order valence-corrected chi connectivity index (χ2v) is 4.69. The number of ketones is 1. The van der Waals surface area contributed by atoms with Crippen LogP contribution in [0.1, 0.15) is 13.3 Å². The molecule has 0 aromatic rings. The molecule has 82 valence electrons. The van der Waals surface area contributed by atoms with Gasteiger partial charge in [-0.15, -0.1) is 0 Å². The van der Waals surface area contributed by atoms with Crippen LogP contribution in [0.5, 0.6) is 0 Å². The third kappa shape index (κ3) is 2.50. The molecule has 0 bridgehead atoms. The lowest BCUT2D eigenvalue weighted by atomic mass is 10.1. The minimum atomic E-state index is -3.76. The molecule has 6 nitrogen and oxygen atoms in total. The van der Waals surface area contributed by atoms with Crippen molar-refractivity contribution in [3.8, 4) is 0 Å². The Hall–Kier alpha value is -0.500. The van der Waals surface area contributed by atoms with Gasteiger partial charge in [0.05, 0.1) is 6.04 Å². The zero-order chi connectivity index (χ0) is 10.8. The van der Waals surface area contributed by atoms with Crippen LogP contribution in [0.4, 0.5) is 0 Å². The maximum atomic E-state index is 11.4. The van der Waals surface area contributed by atoms with Gasteiger partial charge >= 0.3 is 0 Å². The monoisotopic (exact) mass is 221 g/mol. The van der Waals surface area contributed by atoms with E-state index in [1.807, 2.05) is 0 Å². The molecule has 1 rings (SSSR count). The highest BCUT2D eigenvalue weighted by atomic mass is 32.2. The molecule has 0 aromatic carbocycles. The molecule has 3 N–H and O–H groups in total. The van der Waals surface area contributed by atoms with E-state index < -0.39 is 16.3 Å². The molecule has 1 saturated heterocycles. The number of hydrogen-bond donors (Lipinski definition) is 2. The van der Waals surface area contributed by atoms with Gasteiger partial charge in [-0.2, -0.15) is 12.7 Å². The van der Waals surface area contributed by atoms with Crippen LogP contribution in [0.2, 0.25) is 0 Å². The number of nitrogens with zero attached hydrogens (tertiary/aromatic N) is 1. The summed E-state index contributed by atoms with van der Waals surface area (Å²) >= 11 is 0. The van der Waals surface area contributed by atoms with Gasteiger partial charge in [0.1, 0.15) is 0 Å². The molecular formula is C7H15N3O3S. The van der Waals surface area contributed by atoms with Crippen molar-refractivity contribution in [1.29, 1.82) is 0 Å². The Morgan fingerprint density at radius 3 is 2.79 bits per heavy atom. The highest BCUT2D eigenvalue weighted by Gasteiger charge is 2.33. The first-order chi connectivity index (χ1) is 6.46. The quantitative estimate of drug-likeness (QED) is 0.603. The Bertz CT molecular complexity index is 314. The fraction of sp³-hybridized carbons (Fsp3) is 0.857. The van der Waals surface area contributed by atoms with E-state index in [0.29, 0.717) is 19.5 Å². The second-order valence-electron chi connectivity index (χ2n) is 3.20. The van der Waals surface area contributed by atoms with E-state index in [0.717, 1.165) is 4.31 Å². The number of Topliss-reactive ketones (excluding diaryl/α,β-unsaturated/α-hetero) is 1. The summed E-state index contributed by atoms with van der Waals surface area (Å²) in [7, 11) is -3.76. The number of nitrogens with two attached hydrogens (primary N) is 1. The highest BCUT2D eigenvalue weighted by Crippen LogP contribution is 2.09. The van der Waals surface area contributed by atoms with E-state index in [-0.39, 0.29) is 12.3 Å². The lowest BCUT2D eigenvalue weighted by molar-refractivity contribution is -0.122. The predicted octanol–water partition coefficient (Wildman–Crippen LogP) is -1.56. The van der Waals surface area contributed by atoms with Crippen LogP contribution < -0.4 is 10.5 Å². The Kier molecular flexibility index (Phi) is 3.59. The number of carbonyl (C=O) groups excluding carboxylic acids is 1. The summed E-state index contributed by atoms with van der Waals surface area (Å²) < 4.78 is 23.3. The molecule has 1 atom stereocenters. The summed E-state index contributed by atoms with van der Waals surface area (Å²) in [5.41, 5.74) is 0. The Morgan fingerprint density at radius 2 is 2.29 bits per heavy atom. The van der Waals surface area contributed by atoms with Crippen LogP contribution in [0.25, 0.3) is 0 Å². The van der Waals surface area contributed by atoms with Crippen LogP contribution in [0.15, 0.2) is 0 Å². The Morgan fingerprint density at radius 1 is 1.64 bits per heavy atom. The first-order valence-corrected chi connectivity index (χ1v) is 6.00. The van der Waals surface area contributed by atoms with Crippen molar-refractivity contribution < 1.29 is 13.2 Å². The topological polar surface area (TPSA) is 92.5 Å². The number of carbonyl (C=O) groups is 1. The van der Waals surface area contributed by atoms with Gasteiger partial charge in [0, 0.05) is 26.1 Å². The number of nitrogens with one attached hydrogen (secondary N) is 1. The van der Waals surface area contributed by atoms with E-state index in [4.69, 9.17) is 5.14 Å². The first kappa shape index (κ1) is 11.6. The molecule has 1 aliphatic rings. The summed E-state index contributed by atoms with van der Waals surface area (Å²) in [4.78, 5) is 11.4. The standard InChI is InChI=1S/C7H15N3O3S/c1-2-7(11)6-5-9-3-4-10(6)14(8,12)13/h6,9H,2-5H2,1H3,(H2,8,12,13). The number of rotatable bonds is 3. The summed E-state index contributed by atoms with van der Waals surface area (Å²) in [5, 5.41) is 7.98. The number of hydrogen-bond acceptors (Lipinski definition) is 4. The third-order valence-electron chi connectivity index (χ3n) is 2.24. The minimum absolute atomic E-state index is 0.105. The number of piperazine rings is 1. The zero-order valence-corrected chi connectivity index (χ0v) is 8.88. The molecule has 14 heavy (non-hydrogen) atoms. The van der Waals surface area contributed by atoms with E-state index in [1.54, 1.807) is 6.92 Å². The molecule has 1 fully saturated rings. The van der Waals surface area contributed by atoms with Gasteiger partial charge in [-0.25, -0.2) is 5.14 Å². The zero-order valence-electron chi connectivity index (χ0n) is 8.06. The molecule has 0 aromatic heterocycles. The smallest absolute Gasteiger partial charge is 0.277 e. The van der Waals surface area contributed by atoms with Crippen LogP contribution in [-0.2, 0) is 15.0 Å². The second kappa shape index (κ2) is 4.35. The van der Waals surface area contributed by atoms with Crippen molar-refractivity contribution >= 4 is 16.0 Å². The molecule has 0 spiro atoms. The van der Waals surface area contributed by atoms with Crippen LogP contribution in [0.3, 0.4) is 0 Å². The Balaban J connectivity index is 2.85.